The second-order valence-electron chi connectivity index (χ2n) is 4.29. The van der Waals surface area contributed by atoms with Crippen molar-refractivity contribution in [3.8, 4) is 0 Å². The quantitative estimate of drug-likeness (QED) is 0.834. The maximum atomic E-state index is 13.1. The van der Waals surface area contributed by atoms with Gasteiger partial charge in [0, 0.05) is 24.8 Å². The second-order valence-corrected chi connectivity index (χ2v) is 4.29. The van der Waals surface area contributed by atoms with E-state index in [2.05, 4.69) is 10.1 Å². The fourth-order valence-electron chi connectivity index (χ4n) is 1.95. The highest BCUT2D eigenvalue weighted by atomic mass is 19.1. The molecule has 0 aromatic heterocycles. The van der Waals surface area contributed by atoms with Crippen LogP contribution in [0.3, 0.4) is 0 Å². The molecule has 1 heterocycles. The average Bonchev–Trinajstić information content (AvgIpc) is 2.89. The summed E-state index contributed by atoms with van der Waals surface area (Å²) in [6, 6.07) is 4.05. The lowest BCUT2D eigenvalue weighted by atomic mass is 10.1. The predicted octanol–water partition coefficient (Wildman–Crippen LogP) is 2.06. The molecule has 0 amide bonds. The van der Waals surface area contributed by atoms with Crippen LogP contribution < -0.4 is 5.32 Å². The van der Waals surface area contributed by atoms with Gasteiger partial charge in [-0.3, -0.25) is 0 Å². The Balaban J connectivity index is 2.08. The molecule has 0 spiro atoms. The van der Waals surface area contributed by atoms with Crippen LogP contribution in [0.15, 0.2) is 18.2 Å². The number of ether oxygens (including phenoxy) is 2. The van der Waals surface area contributed by atoms with Crippen molar-refractivity contribution in [1.82, 2.24) is 0 Å². The average molecular weight is 253 g/mol. The zero-order chi connectivity index (χ0) is 13.0. The van der Waals surface area contributed by atoms with Crippen molar-refractivity contribution in [1.29, 1.82) is 0 Å². The molecule has 1 N–H and O–H groups in total. The molecule has 0 saturated carbocycles. The third kappa shape index (κ3) is 2.98. The molecule has 1 aromatic carbocycles. The molecule has 1 aliphatic rings. The van der Waals surface area contributed by atoms with Gasteiger partial charge in [-0.1, -0.05) is 0 Å². The molecule has 0 radical (unpaired) electrons. The summed E-state index contributed by atoms with van der Waals surface area (Å²) in [6.07, 6.45) is 1.00. The number of benzene rings is 1. The van der Waals surface area contributed by atoms with Gasteiger partial charge < -0.3 is 14.8 Å². The first-order chi connectivity index (χ1) is 8.70. The highest BCUT2D eigenvalue weighted by molar-refractivity contribution is 5.95. The van der Waals surface area contributed by atoms with Gasteiger partial charge in [0.2, 0.25) is 0 Å². The van der Waals surface area contributed by atoms with Crippen LogP contribution in [0.25, 0.3) is 0 Å². The fourth-order valence-corrected chi connectivity index (χ4v) is 1.95. The molecule has 1 aliphatic heterocycles. The molecule has 4 nitrogen and oxygen atoms in total. The lowest BCUT2D eigenvalue weighted by Gasteiger charge is -2.13. The monoisotopic (exact) mass is 253 g/mol. The molecule has 1 aromatic rings. The highest BCUT2D eigenvalue weighted by Gasteiger charge is 2.17. The smallest absolute Gasteiger partial charge is 0.340 e. The summed E-state index contributed by atoms with van der Waals surface area (Å²) in [4.78, 5) is 11.5. The second kappa shape index (κ2) is 5.82. The fraction of sp³-hybridized carbons (Fsp3) is 0.462. The number of rotatable bonds is 4. The number of halogens is 1. The lowest BCUT2D eigenvalue weighted by Crippen LogP contribution is -2.16. The SMILES string of the molecule is COC(=O)c1cc(F)ccc1NCC1CCOC1. The Labute approximate surface area is 105 Å². The normalized spacial score (nSPS) is 18.7. The van der Waals surface area contributed by atoms with Gasteiger partial charge in [-0.05, 0) is 24.6 Å². The molecule has 98 valence electrons. The van der Waals surface area contributed by atoms with Gasteiger partial charge in [-0.2, -0.15) is 0 Å². The Bertz CT molecular complexity index is 430. The molecule has 1 saturated heterocycles. The summed E-state index contributed by atoms with van der Waals surface area (Å²) < 4.78 is 23.0. The molecular formula is C13H16FNO3. The molecule has 5 heteroatoms. The van der Waals surface area contributed by atoms with Crippen LogP contribution in [-0.4, -0.2) is 32.8 Å². The minimum absolute atomic E-state index is 0.219. The Kier molecular flexibility index (Phi) is 4.15. The number of anilines is 1. The van der Waals surface area contributed by atoms with E-state index in [0.717, 1.165) is 19.6 Å². The van der Waals surface area contributed by atoms with Crippen LogP contribution in [0, 0.1) is 11.7 Å². The predicted molar refractivity (Wildman–Crippen MR) is 65.2 cm³/mol. The summed E-state index contributed by atoms with van der Waals surface area (Å²) in [5.74, 6) is -0.564. The highest BCUT2D eigenvalue weighted by Crippen LogP contribution is 2.20. The van der Waals surface area contributed by atoms with E-state index in [4.69, 9.17) is 4.74 Å². The number of carbonyl (C=O) groups excluding carboxylic acids is 1. The molecular weight excluding hydrogens is 237 g/mol. The molecule has 1 fully saturated rings. The number of hydrogen-bond acceptors (Lipinski definition) is 4. The summed E-state index contributed by atoms with van der Waals surface area (Å²) in [6.45, 7) is 2.21. The number of esters is 1. The van der Waals surface area contributed by atoms with E-state index in [1.807, 2.05) is 0 Å². The number of carbonyl (C=O) groups is 1. The van der Waals surface area contributed by atoms with Crippen LogP contribution >= 0.6 is 0 Å². The van der Waals surface area contributed by atoms with Gasteiger partial charge in [0.15, 0.2) is 0 Å². The van der Waals surface area contributed by atoms with E-state index in [1.165, 1.54) is 19.2 Å². The van der Waals surface area contributed by atoms with E-state index >= 15 is 0 Å². The lowest BCUT2D eigenvalue weighted by molar-refractivity contribution is 0.0601. The van der Waals surface area contributed by atoms with Crippen LogP contribution in [0.5, 0.6) is 0 Å². The van der Waals surface area contributed by atoms with Crippen molar-refractivity contribution in [2.24, 2.45) is 5.92 Å². The Morgan fingerprint density at radius 2 is 2.44 bits per heavy atom. The van der Waals surface area contributed by atoms with Crippen LogP contribution in [0.1, 0.15) is 16.8 Å². The van der Waals surface area contributed by atoms with Crippen molar-refractivity contribution in [3.05, 3.63) is 29.6 Å². The number of methoxy groups -OCH3 is 1. The van der Waals surface area contributed by atoms with Crippen molar-refractivity contribution in [2.75, 3.05) is 32.2 Å². The largest absolute Gasteiger partial charge is 0.465 e. The first-order valence-electron chi connectivity index (χ1n) is 5.90. The Morgan fingerprint density at radius 1 is 1.61 bits per heavy atom. The third-order valence-electron chi connectivity index (χ3n) is 2.99. The van der Waals surface area contributed by atoms with Crippen molar-refractivity contribution >= 4 is 11.7 Å². The minimum Gasteiger partial charge on any atom is -0.465 e. The van der Waals surface area contributed by atoms with Gasteiger partial charge >= 0.3 is 5.97 Å². The molecule has 18 heavy (non-hydrogen) atoms. The molecule has 1 unspecified atom stereocenters. The van der Waals surface area contributed by atoms with Crippen LogP contribution in [0.4, 0.5) is 10.1 Å². The van der Waals surface area contributed by atoms with E-state index in [-0.39, 0.29) is 5.56 Å². The van der Waals surface area contributed by atoms with Crippen LogP contribution in [0.2, 0.25) is 0 Å². The first-order valence-corrected chi connectivity index (χ1v) is 5.90. The van der Waals surface area contributed by atoms with Gasteiger partial charge in [-0.15, -0.1) is 0 Å². The van der Waals surface area contributed by atoms with Crippen molar-refractivity contribution < 1.29 is 18.7 Å². The summed E-state index contributed by atoms with van der Waals surface area (Å²) >= 11 is 0. The Morgan fingerprint density at radius 3 is 3.11 bits per heavy atom. The summed E-state index contributed by atoms with van der Waals surface area (Å²) in [5.41, 5.74) is 0.812. The third-order valence-corrected chi connectivity index (χ3v) is 2.99. The molecule has 2 rings (SSSR count). The molecule has 0 aliphatic carbocycles. The maximum Gasteiger partial charge on any atom is 0.340 e. The Hall–Kier alpha value is -1.62. The topological polar surface area (TPSA) is 47.6 Å². The van der Waals surface area contributed by atoms with E-state index in [0.29, 0.717) is 18.2 Å². The van der Waals surface area contributed by atoms with Gasteiger partial charge in [0.05, 0.1) is 19.3 Å². The zero-order valence-electron chi connectivity index (χ0n) is 10.2. The van der Waals surface area contributed by atoms with Crippen molar-refractivity contribution in [3.63, 3.8) is 0 Å². The van der Waals surface area contributed by atoms with Crippen molar-refractivity contribution in [2.45, 2.75) is 6.42 Å². The van der Waals surface area contributed by atoms with E-state index in [9.17, 15) is 9.18 Å². The minimum atomic E-state index is -0.542. The van der Waals surface area contributed by atoms with E-state index < -0.39 is 11.8 Å². The number of nitrogens with one attached hydrogen (secondary N) is 1. The first kappa shape index (κ1) is 12.8. The van der Waals surface area contributed by atoms with Gasteiger partial charge in [0.25, 0.3) is 0 Å². The van der Waals surface area contributed by atoms with E-state index in [1.54, 1.807) is 6.07 Å². The number of hydrogen-bond donors (Lipinski definition) is 1. The van der Waals surface area contributed by atoms with Gasteiger partial charge in [0.1, 0.15) is 5.82 Å². The van der Waals surface area contributed by atoms with Crippen LogP contribution in [-0.2, 0) is 9.47 Å². The standard InChI is InChI=1S/C13H16FNO3/c1-17-13(16)11-6-10(14)2-3-12(11)15-7-9-4-5-18-8-9/h2-3,6,9,15H,4-5,7-8H2,1H3. The maximum absolute atomic E-state index is 13.1. The summed E-state index contributed by atoms with van der Waals surface area (Å²) in [5, 5.41) is 3.15. The molecule has 0 bridgehead atoms. The van der Waals surface area contributed by atoms with Gasteiger partial charge in [-0.25, -0.2) is 9.18 Å². The zero-order valence-corrected chi connectivity index (χ0v) is 10.2. The molecule has 1 atom stereocenters. The summed E-state index contributed by atoms with van der Waals surface area (Å²) in [7, 11) is 1.28.